The maximum Gasteiger partial charge on any atom is 0.133 e. The van der Waals surface area contributed by atoms with Gasteiger partial charge in [0.15, 0.2) is 0 Å². The highest BCUT2D eigenvalue weighted by Gasteiger charge is 2.30. The lowest BCUT2D eigenvalue weighted by Gasteiger charge is -2.31. The minimum atomic E-state index is 0.642. The Morgan fingerprint density at radius 2 is 2.14 bits per heavy atom. The quantitative estimate of drug-likeness (QED) is 0.807. The van der Waals surface area contributed by atoms with Gasteiger partial charge in [0.25, 0.3) is 0 Å². The van der Waals surface area contributed by atoms with E-state index in [0.29, 0.717) is 12.0 Å². The molecule has 0 radical (unpaired) electrons. The van der Waals surface area contributed by atoms with Crippen molar-refractivity contribution in [2.75, 3.05) is 18.0 Å². The molecule has 1 aliphatic heterocycles. The van der Waals surface area contributed by atoms with Crippen molar-refractivity contribution >= 4 is 5.82 Å². The second-order valence-electron chi connectivity index (χ2n) is 6.71. The third-order valence-electron chi connectivity index (χ3n) is 4.52. The minimum absolute atomic E-state index is 0.642. The number of pyridine rings is 1. The zero-order valence-electron chi connectivity index (χ0n) is 14.4. The summed E-state index contributed by atoms with van der Waals surface area (Å²) in [4.78, 5) is 7.48. The average Bonchev–Trinajstić information content (AvgIpc) is 2.90. The maximum atomic E-state index is 4.91. The summed E-state index contributed by atoms with van der Waals surface area (Å²) < 4.78 is 0. The molecule has 3 nitrogen and oxygen atoms in total. The Labute approximate surface area is 130 Å². The predicted molar refractivity (Wildman–Crippen MR) is 90.9 cm³/mol. The number of hydrogen-bond acceptors (Lipinski definition) is 3. The van der Waals surface area contributed by atoms with Gasteiger partial charge in [0, 0.05) is 30.4 Å². The molecular formula is C18H31N3. The van der Waals surface area contributed by atoms with Crippen LogP contribution in [0.3, 0.4) is 0 Å². The minimum Gasteiger partial charge on any atom is -0.353 e. The molecule has 118 valence electrons. The largest absolute Gasteiger partial charge is 0.353 e. The van der Waals surface area contributed by atoms with E-state index in [1.54, 1.807) is 0 Å². The number of nitrogens with zero attached hydrogens (tertiary/aromatic N) is 2. The summed E-state index contributed by atoms with van der Waals surface area (Å²) >= 11 is 0. The van der Waals surface area contributed by atoms with Gasteiger partial charge in [0.1, 0.15) is 5.82 Å². The molecule has 1 unspecified atom stereocenters. The molecule has 1 fully saturated rings. The molecular weight excluding hydrogens is 258 g/mol. The summed E-state index contributed by atoms with van der Waals surface area (Å²) in [7, 11) is 0. The molecule has 0 spiro atoms. The predicted octanol–water partition coefficient (Wildman–Crippen LogP) is 3.82. The molecule has 0 aliphatic carbocycles. The van der Waals surface area contributed by atoms with E-state index in [-0.39, 0.29) is 0 Å². The Bertz CT molecular complexity index is 468. The van der Waals surface area contributed by atoms with Crippen molar-refractivity contribution < 1.29 is 0 Å². The van der Waals surface area contributed by atoms with Crippen molar-refractivity contribution in [3.63, 3.8) is 0 Å². The van der Waals surface area contributed by atoms with Gasteiger partial charge in [-0.3, -0.25) is 0 Å². The van der Waals surface area contributed by atoms with Crippen LogP contribution in [0, 0.1) is 19.8 Å². The molecule has 1 aromatic rings. The molecule has 2 heterocycles. The Hall–Kier alpha value is -1.09. The third-order valence-corrected chi connectivity index (χ3v) is 4.52. The molecule has 2 rings (SSSR count). The Morgan fingerprint density at radius 1 is 1.38 bits per heavy atom. The fourth-order valence-corrected chi connectivity index (χ4v) is 3.44. The number of nitrogens with one attached hydrogen (secondary N) is 1. The highest BCUT2D eigenvalue weighted by atomic mass is 15.2. The SMILES string of the molecule is CCCNCc1c(C)cc(C)nc1N1CCCC1C(C)C. The standard InChI is InChI=1S/C18H31N3/c1-6-9-19-12-16-14(4)11-15(5)20-18(16)21-10-7-8-17(21)13(2)3/h11,13,17,19H,6-10,12H2,1-5H3. The van der Waals surface area contributed by atoms with Crippen molar-refractivity contribution in [3.05, 3.63) is 22.9 Å². The zero-order valence-corrected chi connectivity index (χ0v) is 14.4. The number of rotatable bonds is 6. The van der Waals surface area contributed by atoms with Gasteiger partial charge in [-0.1, -0.05) is 20.8 Å². The first kappa shape index (κ1) is 16.3. The molecule has 1 aromatic heterocycles. The zero-order chi connectivity index (χ0) is 15.4. The maximum absolute atomic E-state index is 4.91. The Balaban J connectivity index is 2.31. The summed E-state index contributed by atoms with van der Waals surface area (Å²) in [6.07, 6.45) is 3.76. The second-order valence-corrected chi connectivity index (χ2v) is 6.71. The first-order chi connectivity index (χ1) is 10.0. The van der Waals surface area contributed by atoms with Crippen molar-refractivity contribution in [1.29, 1.82) is 0 Å². The number of hydrogen-bond donors (Lipinski definition) is 1. The molecule has 1 atom stereocenters. The van der Waals surface area contributed by atoms with Gasteiger partial charge < -0.3 is 10.2 Å². The number of aryl methyl sites for hydroxylation is 2. The normalized spacial score (nSPS) is 18.8. The van der Waals surface area contributed by atoms with Crippen LogP contribution in [-0.4, -0.2) is 24.1 Å². The van der Waals surface area contributed by atoms with Crippen molar-refractivity contribution in [2.45, 2.75) is 66.5 Å². The van der Waals surface area contributed by atoms with Gasteiger partial charge in [-0.25, -0.2) is 4.98 Å². The molecule has 0 saturated carbocycles. The highest BCUT2D eigenvalue weighted by molar-refractivity contribution is 5.53. The van der Waals surface area contributed by atoms with Gasteiger partial charge in [0.2, 0.25) is 0 Å². The van der Waals surface area contributed by atoms with E-state index in [1.807, 2.05) is 0 Å². The average molecular weight is 289 g/mol. The van der Waals surface area contributed by atoms with Crippen molar-refractivity contribution in [3.8, 4) is 0 Å². The smallest absolute Gasteiger partial charge is 0.133 e. The summed E-state index contributed by atoms with van der Waals surface area (Å²) in [6, 6.07) is 2.86. The molecule has 3 heteroatoms. The topological polar surface area (TPSA) is 28.2 Å². The summed E-state index contributed by atoms with van der Waals surface area (Å²) in [5.74, 6) is 1.92. The summed E-state index contributed by atoms with van der Waals surface area (Å²) in [5, 5.41) is 3.55. The van der Waals surface area contributed by atoms with E-state index < -0.39 is 0 Å². The van der Waals surface area contributed by atoms with Crippen LogP contribution in [0.4, 0.5) is 5.82 Å². The van der Waals surface area contributed by atoms with Crippen LogP contribution in [0.25, 0.3) is 0 Å². The van der Waals surface area contributed by atoms with Gasteiger partial charge in [-0.2, -0.15) is 0 Å². The first-order valence-corrected chi connectivity index (χ1v) is 8.49. The van der Waals surface area contributed by atoms with Crippen LogP contribution < -0.4 is 10.2 Å². The van der Waals surface area contributed by atoms with Crippen molar-refractivity contribution in [2.24, 2.45) is 5.92 Å². The lowest BCUT2D eigenvalue weighted by atomic mass is 10.0. The Morgan fingerprint density at radius 3 is 2.81 bits per heavy atom. The van der Waals surface area contributed by atoms with Crippen LogP contribution in [-0.2, 0) is 6.54 Å². The number of aromatic nitrogens is 1. The fourth-order valence-electron chi connectivity index (χ4n) is 3.44. The van der Waals surface area contributed by atoms with E-state index in [0.717, 1.165) is 25.3 Å². The summed E-state index contributed by atoms with van der Waals surface area (Å²) in [6.45, 7) is 14.4. The van der Waals surface area contributed by atoms with Crippen LogP contribution in [0.15, 0.2) is 6.07 Å². The van der Waals surface area contributed by atoms with Gasteiger partial charge in [-0.15, -0.1) is 0 Å². The van der Waals surface area contributed by atoms with Crippen molar-refractivity contribution in [1.82, 2.24) is 10.3 Å². The highest BCUT2D eigenvalue weighted by Crippen LogP contribution is 2.32. The fraction of sp³-hybridized carbons (Fsp3) is 0.722. The lowest BCUT2D eigenvalue weighted by molar-refractivity contribution is 0.488. The molecule has 21 heavy (non-hydrogen) atoms. The molecule has 1 N–H and O–H groups in total. The first-order valence-electron chi connectivity index (χ1n) is 8.49. The molecule has 1 saturated heterocycles. The van der Waals surface area contributed by atoms with E-state index in [9.17, 15) is 0 Å². The third kappa shape index (κ3) is 3.76. The monoisotopic (exact) mass is 289 g/mol. The molecule has 0 amide bonds. The number of anilines is 1. The van der Waals surface area contributed by atoms with Crippen LogP contribution in [0.5, 0.6) is 0 Å². The summed E-state index contributed by atoms with van der Waals surface area (Å²) in [5.41, 5.74) is 3.90. The lowest BCUT2D eigenvalue weighted by Crippen LogP contribution is -2.35. The van der Waals surface area contributed by atoms with Gasteiger partial charge in [0.05, 0.1) is 0 Å². The van der Waals surface area contributed by atoms with Crippen LogP contribution in [0.1, 0.15) is 56.9 Å². The molecule has 0 aromatic carbocycles. The van der Waals surface area contributed by atoms with Gasteiger partial charge >= 0.3 is 0 Å². The Kier molecular flexibility index (Phi) is 5.63. The molecule has 1 aliphatic rings. The molecule has 0 bridgehead atoms. The van der Waals surface area contributed by atoms with E-state index in [2.05, 4.69) is 50.9 Å². The van der Waals surface area contributed by atoms with Crippen LogP contribution >= 0.6 is 0 Å². The van der Waals surface area contributed by atoms with Crippen LogP contribution in [0.2, 0.25) is 0 Å². The van der Waals surface area contributed by atoms with E-state index >= 15 is 0 Å². The van der Waals surface area contributed by atoms with E-state index in [4.69, 9.17) is 4.98 Å². The van der Waals surface area contributed by atoms with Gasteiger partial charge in [-0.05, 0) is 57.2 Å². The van der Waals surface area contributed by atoms with E-state index in [1.165, 1.54) is 36.2 Å². The second kappa shape index (κ2) is 7.26.